The molecule has 3 aromatic carbocycles. The second-order valence-corrected chi connectivity index (χ2v) is 7.11. The summed E-state index contributed by atoms with van der Waals surface area (Å²) in [6.45, 7) is 0.0174. The summed E-state index contributed by atoms with van der Waals surface area (Å²) in [6, 6.07) is 20.9. The van der Waals surface area contributed by atoms with Gasteiger partial charge in [0.15, 0.2) is 12.7 Å². The quantitative estimate of drug-likeness (QED) is 0.687. The average Bonchev–Trinajstić information content (AvgIpc) is 2.75. The van der Waals surface area contributed by atoms with Gasteiger partial charge < -0.3 is 19.3 Å². The Balaban J connectivity index is 1.52. The van der Waals surface area contributed by atoms with Crippen molar-refractivity contribution in [1.82, 2.24) is 4.90 Å². The average molecular weight is 390 g/mol. The zero-order valence-corrected chi connectivity index (χ0v) is 16.4. The summed E-state index contributed by atoms with van der Waals surface area (Å²) in [5.74, 6) is 0.718. The summed E-state index contributed by atoms with van der Waals surface area (Å²) in [5, 5.41) is 2.16. The standard InChI is InChI=1S/C23H22N2O4/c1-24(2)23(27)21-14-25(19-9-5-6-10-20(19)29-21)22(26)15-28-18-12-11-16-7-3-4-8-17(16)13-18/h3-13,21H,14-15H2,1-2H3/t21-/m1/s1. The van der Waals surface area contributed by atoms with Gasteiger partial charge in [-0.2, -0.15) is 0 Å². The summed E-state index contributed by atoms with van der Waals surface area (Å²) < 4.78 is 11.6. The fourth-order valence-electron chi connectivity index (χ4n) is 3.37. The molecule has 6 nitrogen and oxygen atoms in total. The van der Waals surface area contributed by atoms with Crippen LogP contribution in [0.3, 0.4) is 0 Å². The number of amides is 2. The molecule has 0 spiro atoms. The summed E-state index contributed by atoms with van der Waals surface area (Å²) in [7, 11) is 3.34. The van der Waals surface area contributed by atoms with Crippen LogP contribution in [0.5, 0.6) is 11.5 Å². The number of fused-ring (bicyclic) bond motifs is 2. The van der Waals surface area contributed by atoms with Gasteiger partial charge in [-0.3, -0.25) is 9.59 Å². The Morgan fingerprint density at radius 3 is 2.55 bits per heavy atom. The molecule has 0 aliphatic carbocycles. The van der Waals surface area contributed by atoms with Gasteiger partial charge in [0, 0.05) is 14.1 Å². The second-order valence-electron chi connectivity index (χ2n) is 7.11. The van der Waals surface area contributed by atoms with Crippen molar-refractivity contribution in [2.75, 3.05) is 32.1 Å². The highest BCUT2D eigenvalue weighted by Gasteiger charge is 2.34. The van der Waals surface area contributed by atoms with Crippen LogP contribution in [0, 0.1) is 0 Å². The van der Waals surface area contributed by atoms with Crippen LogP contribution in [0.2, 0.25) is 0 Å². The van der Waals surface area contributed by atoms with E-state index < -0.39 is 6.10 Å². The van der Waals surface area contributed by atoms with Gasteiger partial charge in [0.05, 0.1) is 12.2 Å². The first-order chi connectivity index (χ1) is 14.0. The smallest absolute Gasteiger partial charge is 0.265 e. The molecule has 6 heteroatoms. The first-order valence-corrected chi connectivity index (χ1v) is 9.42. The monoisotopic (exact) mass is 390 g/mol. The van der Waals surface area contributed by atoms with Crippen molar-refractivity contribution >= 4 is 28.3 Å². The molecule has 0 radical (unpaired) electrons. The Kier molecular flexibility index (Phi) is 5.08. The number of carbonyl (C=O) groups is 2. The van der Waals surface area contributed by atoms with Gasteiger partial charge in [-0.05, 0) is 35.0 Å². The van der Waals surface area contributed by atoms with Crippen molar-refractivity contribution < 1.29 is 19.1 Å². The molecule has 2 amide bonds. The fourth-order valence-corrected chi connectivity index (χ4v) is 3.37. The summed E-state index contributed by atoms with van der Waals surface area (Å²) in [4.78, 5) is 28.4. The van der Waals surface area contributed by atoms with E-state index in [-0.39, 0.29) is 25.0 Å². The van der Waals surface area contributed by atoms with Gasteiger partial charge in [-0.15, -0.1) is 0 Å². The molecule has 1 heterocycles. The van der Waals surface area contributed by atoms with Crippen LogP contribution in [-0.2, 0) is 9.59 Å². The van der Waals surface area contributed by atoms with Crippen molar-refractivity contribution in [3.8, 4) is 11.5 Å². The van der Waals surface area contributed by atoms with Crippen LogP contribution in [0.25, 0.3) is 10.8 Å². The number of rotatable bonds is 4. The lowest BCUT2D eigenvalue weighted by Gasteiger charge is -2.35. The molecule has 0 aromatic heterocycles. The molecule has 29 heavy (non-hydrogen) atoms. The van der Waals surface area contributed by atoms with Crippen LogP contribution in [0.15, 0.2) is 66.7 Å². The van der Waals surface area contributed by atoms with Crippen molar-refractivity contribution in [3.63, 3.8) is 0 Å². The number of carbonyl (C=O) groups excluding carboxylic acids is 2. The predicted octanol–water partition coefficient (Wildman–Crippen LogP) is 3.10. The molecule has 1 atom stereocenters. The van der Waals surface area contributed by atoms with Crippen LogP contribution >= 0.6 is 0 Å². The van der Waals surface area contributed by atoms with Crippen molar-refractivity contribution in [3.05, 3.63) is 66.7 Å². The Morgan fingerprint density at radius 2 is 1.76 bits per heavy atom. The highest BCUT2D eigenvalue weighted by molar-refractivity contribution is 5.98. The third kappa shape index (κ3) is 3.87. The number of para-hydroxylation sites is 2. The molecular weight excluding hydrogens is 368 g/mol. The first kappa shape index (κ1) is 18.8. The van der Waals surface area contributed by atoms with Gasteiger partial charge >= 0.3 is 0 Å². The van der Waals surface area contributed by atoms with E-state index in [4.69, 9.17) is 9.47 Å². The Labute approximate surface area is 169 Å². The maximum atomic E-state index is 13.0. The molecule has 4 rings (SSSR count). The van der Waals surface area contributed by atoms with Crippen molar-refractivity contribution in [2.24, 2.45) is 0 Å². The van der Waals surface area contributed by atoms with E-state index in [1.165, 1.54) is 4.90 Å². The van der Waals surface area contributed by atoms with Crippen LogP contribution < -0.4 is 14.4 Å². The molecule has 0 bridgehead atoms. The second kappa shape index (κ2) is 7.83. The van der Waals surface area contributed by atoms with E-state index in [9.17, 15) is 9.59 Å². The number of hydrogen-bond acceptors (Lipinski definition) is 4. The minimum atomic E-state index is -0.746. The molecule has 3 aromatic rings. The summed E-state index contributed by atoms with van der Waals surface area (Å²) >= 11 is 0. The minimum absolute atomic E-state index is 0.129. The number of nitrogens with zero attached hydrogens (tertiary/aromatic N) is 2. The predicted molar refractivity (Wildman–Crippen MR) is 111 cm³/mol. The molecule has 1 aliphatic rings. The van der Waals surface area contributed by atoms with E-state index in [2.05, 4.69) is 0 Å². The zero-order chi connectivity index (χ0) is 20.4. The molecule has 0 fully saturated rings. The number of ether oxygens (including phenoxy) is 2. The molecular formula is C23H22N2O4. The van der Waals surface area contributed by atoms with Gasteiger partial charge in [0.1, 0.15) is 11.5 Å². The maximum absolute atomic E-state index is 13.0. The summed E-state index contributed by atoms with van der Waals surface area (Å²) in [5.41, 5.74) is 0.641. The van der Waals surface area contributed by atoms with Crippen LogP contribution in [-0.4, -0.2) is 50.1 Å². The molecule has 0 N–H and O–H groups in total. The third-order valence-electron chi connectivity index (χ3n) is 4.87. The van der Waals surface area contributed by atoms with Gasteiger partial charge in [-0.1, -0.05) is 42.5 Å². The SMILES string of the molecule is CN(C)C(=O)[C@H]1CN(C(=O)COc2ccc3ccccc3c2)c2ccccc2O1. The topological polar surface area (TPSA) is 59.1 Å². The lowest BCUT2D eigenvalue weighted by Crippen LogP contribution is -2.51. The molecule has 0 saturated heterocycles. The van der Waals surface area contributed by atoms with Crippen molar-refractivity contribution in [1.29, 1.82) is 0 Å². The van der Waals surface area contributed by atoms with Crippen LogP contribution in [0.4, 0.5) is 5.69 Å². The Bertz CT molecular complexity index is 1060. The highest BCUT2D eigenvalue weighted by atomic mass is 16.5. The minimum Gasteiger partial charge on any atom is -0.484 e. The van der Waals surface area contributed by atoms with E-state index >= 15 is 0 Å². The largest absolute Gasteiger partial charge is 0.484 e. The molecule has 0 saturated carbocycles. The highest BCUT2D eigenvalue weighted by Crippen LogP contribution is 2.33. The molecule has 1 aliphatic heterocycles. The normalized spacial score (nSPS) is 15.4. The van der Waals surface area contributed by atoms with E-state index in [1.807, 2.05) is 54.6 Å². The maximum Gasteiger partial charge on any atom is 0.265 e. The number of anilines is 1. The number of likely N-dealkylation sites (N-methyl/N-ethyl adjacent to an activating group) is 1. The first-order valence-electron chi connectivity index (χ1n) is 9.42. The van der Waals surface area contributed by atoms with Crippen LogP contribution in [0.1, 0.15) is 0 Å². The lowest BCUT2D eigenvalue weighted by molar-refractivity contribution is -0.136. The molecule has 0 unspecified atom stereocenters. The lowest BCUT2D eigenvalue weighted by atomic mass is 10.1. The van der Waals surface area contributed by atoms with E-state index in [0.29, 0.717) is 17.2 Å². The Morgan fingerprint density at radius 1 is 1.03 bits per heavy atom. The van der Waals surface area contributed by atoms with E-state index in [1.54, 1.807) is 31.1 Å². The van der Waals surface area contributed by atoms with E-state index in [0.717, 1.165) is 10.8 Å². The van der Waals surface area contributed by atoms with Gasteiger partial charge in [0.2, 0.25) is 0 Å². The summed E-state index contributed by atoms with van der Waals surface area (Å²) in [6.07, 6.45) is -0.746. The zero-order valence-electron chi connectivity index (χ0n) is 16.4. The fraction of sp³-hybridized carbons (Fsp3) is 0.217. The third-order valence-corrected chi connectivity index (χ3v) is 4.87. The number of hydrogen-bond donors (Lipinski definition) is 0. The van der Waals surface area contributed by atoms with Gasteiger partial charge in [0.25, 0.3) is 11.8 Å². The Hall–Kier alpha value is -3.54. The van der Waals surface area contributed by atoms with Crippen molar-refractivity contribution in [2.45, 2.75) is 6.10 Å². The van der Waals surface area contributed by atoms with Gasteiger partial charge in [-0.25, -0.2) is 0 Å². The number of benzene rings is 3. The molecule has 148 valence electrons.